The molecule has 4 rings (SSSR count). The van der Waals surface area contributed by atoms with Gasteiger partial charge in [0, 0.05) is 18.2 Å². The number of rotatable bonds is 2. The van der Waals surface area contributed by atoms with Crippen molar-refractivity contribution < 1.29 is 0 Å². The third-order valence-corrected chi connectivity index (χ3v) is 4.29. The number of fused-ring (bicyclic) bond motifs is 1. The monoisotopic (exact) mass is 278 g/mol. The summed E-state index contributed by atoms with van der Waals surface area (Å²) in [6.45, 7) is 1.01. The molecule has 3 heterocycles. The van der Waals surface area contributed by atoms with E-state index in [1.807, 2.05) is 18.5 Å². The first kappa shape index (κ1) is 12.5. The standard InChI is InChI=1S/C17H18N4/c1-2-4-12(5-3-1)15-10-13(6-8-18-15)17-20-11-16-14(21-17)7-9-19-16/h1-5,7,9,11,13,15,18-19H,6,8,10H2. The number of nitrogens with one attached hydrogen (secondary N) is 2. The van der Waals surface area contributed by atoms with Gasteiger partial charge in [-0.3, -0.25) is 0 Å². The van der Waals surface area contributed by atoms with E-state index in [1.54, 1.807) is 0 Å². The van der Waals surface area contributed by atoms with Crippen molar-refractivity contribution in [1.82, 2.24) is 20.3 Å². The van der Waals surface area contributed by atoms with Crippen LogP contribution in [-0.4, -0.2) is 21.5 Å². The molecule has 0 bridgehead atoms. The number of H-pyrrole nitrogens is 1. The minimum atomic E-state index is 0.399. The molecule has 0 aliphatic carbocycles. The van der Waals surface area contributed by atoms with E-state index < -0.39 is 0 Å². The highest BCUT2D eigenvalue weighted by atomic mass is 15.0. The van der Waals surface area contributed by atoms with Crippen LogP contribution in [0.2, 0.25) is 0 Å². The molecule has 1 aliphatic rings. The maximum absolute atomic E-state index is 4.72. The Morgan fingerprint density at radius 2 is 2.00 bits per heavy atom. The second-order valence-electron chi connectivity index (χ2n) is 5.64. The Morgan fingerprint density at radius 3 is 2.90 bits per heavy atom. The van der Waals surface area contributed by atoms with Gasteiger partial charge in [-0.2, -0.15) is 0 Å². The van der Waals surface area contributed by atoms with Gasteiger partial charge in [0.15, 0.2) is 0 Å². The van der Waals surface area contributed by atoms with E-state index in [1.165, 1.54) is 5.56 Å². The number of piperidine rings is 1. The third-order valence-electron chi connectivity index (χ3n) is 4.29. The first-order chi connectivity index (χ1) is 10.4. The van der Waals surface area contributed by atoms with Crippen LogP contribution >= 0.6 is 0 Å². The first-order valence-electron chi connectivity index (χ1n) is 7.48. The van der Waals surface area contributed by atoms with Gasteiger partial charge in [0.2, 0.25) is 0 Å². The number of aromatic amines is 1. The van der Waals surface area contributed by atoms with Crippen LogP contribution < -0.4 is 5.32 Å². The fraction of sp³-hybridized carbons (Fsp3) is 0.294. The van der Waals surface area contributed by atoms with Crippen molar-refractivity contribution in [3.8, 4) is 0 Å². The van der Waals surface area contributed by atoms with Gasteiger partial charge >= 0.3 is 0 Å². The third kappa shape index (κ3) is 2.43. The number of hydrogen-bond acceptors (Lipinski definition) is 3. The highest BCUT2D eigenvalue weighted by Crippen LogP contribution is 2.32. The van der Waals surface area contributed by atoms with E-state index in [0.29, 0.717) is 12.0 Å². The van der Waals surface area contributed by atoms with Gasteiger partial charge in [-0.05, 0) is 31.0 Å². The Balaban J connectivity index is 1.60. The average Bonchev–Trinajstić information content (AvgIpc) is 3.03. The highest BCUT2D eigenvalue weighted by molar-refractivity contribution is 5.73. The molecule has 106 valence electrons. The molecule has 0 saturated carbocycles. The summed E-state index contributed by atoms with van der Waals surface area (Å²) >= 11 is 0. The molecule has 2 N–H and O–H groups in total. The minimum Gasteiger partial charge on any atom is -0.359 e. The van der Waals surface area contributed by atoms with Crippen molar-refractivity contribution >= 4 is 11.0 Å². The molecule has 4 nitrogen and oxygen atoms in total. The summed E-state index contributed by atoms with van der Waals surface area (Å²) in [6, 6.07) is 13.1. The van der Waals surface area contributed by atoms with Gasteiger partial charge in [0.25, 0.3) is 0 Å². The van der Waals surface area contributed by atoms with Crippen LogP contribution in [0.1, 0.15) is 36.2 Å². The molecule has 1 aromatic carbocycles. The molecule has 1 fully saturated rings. The molecule has 0 spiro atoms. The van der Waals surface area contributed by atoms with Crippen LogP contribution in [0.5, 0.6) is 0 Å². The normalized spacial score (nSPS) is 22.5. The van der Waals surface area contributed by atoms with Crippen molar-refractivity contribution in [2.24, 2.45) is 0 Å². The molecule has 2 aromatic heterocycles. The number of nitrogens with zero attached hydrogens (tertiary/aromatic N) is 2. The molecular formula is C17H18N4. The molecule has 2 atom stereocenters. The Labute approximate surface area is 123 Å². The highest BCUT2D eigenvalue weighted by Gasteiger charge is 2.25. The van der Waals surface area contributed by atoms with E-state index in [-0.39, 0.29) is 0 Å². The SMILES string of the molecule is c1ccc(C2CC(c3ncc4[nH]ccc4n3)CCN2)cc1. The lowest BCUT2D eigenvalue weighted by Gasteiger charge is -2.29. The average molecular weight is 278 g/mol. The molecule has 1 aliphatic heterocycles. The lowest BCUT2D eigenvalue weighted by Crippen LogP contribution is -2.31. The van der Waals surface area contributed by atoms with E-state index in [9.17, 15) is 0 Å². The van der Waals surface area contributed by atoms with Crippen LogP contribution in [-0.2, 0) is 0 Å². The number of hydrogen-bond donors (Lipinski definition) is 2. The van der Waals surface area contributed by atoms with Crippen LogP contribution in [0.25, 0.3) is 11.0 Å². The fourth-order valence-electron chi connectivity index (χ4n) is 3.15. The van der Waals surface area contributed by atoms with Crippen molar-refractivity contribution in [3.05, 3.63) is 60.2 Å². The Bertz CT molecular complexity index is 735. The maximum atomic E-state index is 4.72. The van der Waals surface area contributed by atoms with E-state index in [0.717, 1.165) is 36.2 Å². The van der Waals surface area contributed by atoms with Crippen LogP contribution in [0.3, 0.4) is 0 Å². The molecule has 0 radical (unpaired) electrons. The summed E-state index contributed by atoms with van der Waals surface area (Å²) in [4.78, 5) is 12.4. The van der Waals surface area contributed by atoms with E-state index in [2.05, 4.69) is 45.6 Å². The zero-order valence-corrected chi connectivity index (χ0v) is 11.8. The zero-order valence-electron chi connectivity index (χ0n) is 11.8. The molecule has 4 heteroatoms. The molecule has 0 amide bonds. The smallest absolute Gasteiger partial charge is 0.132 e. The topological polar surface area (TPSA) is 53.6 Å². The molecule has 21 heavy (non-hydrogen) atoms. The summed E-state index contributed by atoms with van der Waals surface area (Å²) in [6.07, 6.45) is 5.97. The lowest BCUT2D eigenvalue weighted by molar-refractivity contribution is 0.360. The van der Waals surface area contributed by atoms with Gasteiger partial charge in [0.05, 0.1) is 17.2 Å². The summed E-state index contributed by atoms with van der Waals surface area (Å²) in [5, 5.41) is 3.61. The van der Waals surface area contributed by atoms with Gasteiger partial charge in [0.1, 0.15) is 5.82 Å². The van der Waals surface area contributed by atoms with Crippen molar-refractivity contribution in [3.63, 3.8) is 0 Å². The van der Waals surface area contributed by atoms with Crippen LogP contribution in [0.15, 0.2) is 48.8 Å². The number of benzene rings is 1. The zero-order chi connectivity index (χ0) is 14.1. The Kier molecular flexibility index (Phi) is 3.16. The van der Waals surface area contributed by atoms with E-state index in [4.69, 9.17) is 4.98 Å². The number of aromatic nitrogens is 3. The second kappa shape index (κ2) is 5.30. The maximum Gasteiger partial charge on any atom is 0.132 e. The van der Waals surface area contributed by atoms with Gasteiger partial charge in [-0.1, -0.05) is 30.3 Å². The van der Waals surface area contributed by atoms with Gasteiger partial charge < -0.3 is 10.3 Å². The summed E-state index contributed by atoms with van der Waals surface area (Å²) in [7, 11) is 0. The Hall–Kier alpha value is -2.20. The molecule has 2 unspecified atom stereocenters. The van der Waals surface area contributed by atoms with Gasteiger partial charge in [-0.25, -0.2) is 9.97 Å². The quantitative estimate of drug-likeness (QED) is 0.757. The predicted molar refractivity (Wildman–Crippen MR) is 83.0 cm³/mol. The predicted octanol–water partition coefficient (Wildman–Crippen LogP) is 3.17. The molecule has 3 aromatic rings. The van der Waals surface area contributed by atoms with Crippen molar-refractivity contribution in [2.45, 2.75) is 24.8 Å². The lowest BCUT2D eigenvalue weighted by atomic mass is 9.88. The Morgan fingerprint density at radius 1 is 1.10 bits per heavy atom. The molecule has 1 saturated heterocycles. The molecular weight excluding hydrogens is 260 g/mol. The summed E-state index contributed by atoms with van der Waals surface area (Å²) in [5.74, 6) is 1.40. The van der Waals surface area contributed by atoms with Crippen molar-refractivity contribution in [2.75, 3.05) is 6.54 Å². The summed E-state index contributed by atoms with van der Waals surface area (Å²) < 4.78 is 0. The first-order valence-corrected chi connectivity index (χ1v) is 7.48. The van der Waals surface area contributed by atoms with Crippen LogP contribution in [0.4, 0.5) is 0 Å². The summed E-state index contributed by atoms with van der Waals surface area (Å²) in [5.41, 5.74) is 3.37. The minimum absolute atomic E-state index is 0.399. The van der Waals surface area contributed by atoms with Crippen molar-refractivity contribution in [1.29, 1.82) is 0 Å². The largest absolute Gasteiger partial charge is 0.359 e. The second-order valence-corrected chi connectivity index (χ2v) is 5.64. The fourth-order valence-corrected chi connectivity index (χ4v) is 3.15. The van der Waals surface area contributed by atoms with Gasteiger partial charge in [-0.15, -0.1) is 0 Å². The van der Waals surface area contributed by atoms with E-state index >= 15 is 0 Å². The van der Waals surface area contributed by atoms with Crippen LogP contribution in [0, 0.1) is 0 Å².